The van der Waals surface area contributed by atoms with E-state index in [0.29, 0.717) is 33.1 Å². The Bertz CT molecular complexity index is 844. The standard InChI is InChI=1S/C17H15ClN2O3S/c1-10-13(18)4-3-5-15(10)22-9-12-7-6-11(23-12)8-14-16(21)20(2)17(24)19-14/h3-8H,9H2,1-2H3,(H,19,24)/b14-8+. The molecular weight excluding hydrogens is 348 g/mol. The second-order valence-corrected chi connectivity index (χ2v) is 6.10. The predicted molar refractivity (Wildman–Crippen MR) is 95.7 cm³/mol. The third kappa shape index (κ3) is 3.29. The Balaban J connectivity index is 1.69. The molecule has 0 unspecified atom stereocenters. The fourth-order valence-corrected chi connectivity index (χ4v) is 2.57. The third-order valence-corrected chi connectivity index (χ3v) is 4.42. The van der Waals surface area contributed by atoms with Crippen molar-refractivity contribution in [3.63, 3.8) is 0 Å². The molecule has 2 aromatic rings. The SMILES string of the molecule is Cc1c(Cl)cccc1OCc1ccc(/C=C2/NC(=S)N(C)C2=O)o1. The number of nitrogens with zero attached hydrogens (tertiary/aromatic N) is 1. The maximum absolute atomic E-state index is 11.9. The van der Waals surface area contributed by atoms with E-state index in [-0.39, 0.29) is 12.5 Å². The molecule has 1 amide bonds. The molecule has 5 nitrogen and oxygen atoms in total. The summed E-state index contributed by atoms with van der Waals surface area (Å²) < 4.78 is 11.4. The molecular formula is C17H15ClN2O3S. The van der Waals surface area contributed by atoms with Crippen LogP contribution in [0.15, 0.2) is 40.4 Å². The quantitative estimate of drug-likeness (QED) is 0.666. The normalized spacial score (nSPS) is 16.0. The van der Waals surface area contributed by atoms with Gasteiger partial charge in [0.15, 0.2) is 5.11 Å². The van der Waals surface area contributed by atoms with Crippen molar-refractivity contribution in [1.82, 2.24) is 10.2 Å². The minimum absolute atomic E-state index is 0.191. The summed E-state index contributed by atoms with van der Waals surface area (Å²) >= 11 is 11.1. The average Bonchev–Trinajstić information content (AvgIpc) is 3.10. The topological polar surface area (TPSA) is 54.7 Å². The number of halogens is 1. The first-order valence-electron chi connectivity index (χ1n) is 7.23. The molecule has 0 saturated carbocycles. The summed E-state index contributed by atoms with van der Waals surface area (Å²) in [7, 11) is 1.62. The Hall–Kier alpha value is -2.31. The van der Waals surface area contributed by atoms with Gasteiger partial charge in [-0.15, -0.1) is 0 Å². The molecule has 1 aromatic heterocycles. The molecule has 1 fully saturated rings. The number of thiocarbonyl (C=S) groups is 1. The minimum atomic E-state index is -0.191. The highest BCUT2D eigenvalue weighted by Crippen LogP contribution is 2.26. The van der Waals surface area contributed by atoms with E-state index in [1.165, 1.54) is 4.90 Å². The van der Waals surface area contributed by atoms with Crippen molar-refractivity contribution in [3.05, 3.63) is 58.1 Å². The van der Waals surface area contributed by atoms with Crippen molar-refractivity contribution < 1.29 is 13.9 Å². The smallest absolute Gasteiger partial charge is 0.276 e. The summed E-state index contributed by atoms with van der Waals surface area (Å²) in [6, 6.07) is 9.07. The van der Waals surface area contributed by atoms with E-state index in [4.69, 9.17) is 33.0 Å². The number of hydrogen-bond donors (Lipinski definition) is 1. The molecule has 1 aliphatic heterocycles. The van der Waals surface area contributed by atoms with Crippen molar-refractivity contribution in [2.45, 2.75) is 13.5 Å². The molecule has 0 atom stereocenters. The molecule has 124 valence electrons. The fourth-order valence-electron chi connectivity index (χ4n) is 2.21. The number of carbonyl (C=O) groups is 1. The van der Waals surface area contributed by atoms with Crippen LogP contribution in [0.25, 0.3) is 6.08 Å². The highest BCUT2D eigenvalue weighted by atomic mass is 35.5. The van der Waals surface area contributed by atoms with Gasteiger partial charge in [-0.3, -0.25) is 9.69 Å². The van der Waals surface area contributed by atoms with Crippen LogP contribution in [0.5, 0.6) is 5.75 Å². The second-order valence-electron chi connectivity index (χ2n) is 5.31. The van der Waals surface area contributed by atoms with Gasteiger partial charge in [0.1, 0.15) is 29.6 Å². The summed E-state index contributed by atoms with van der Waals surface area (Å²) in [5.41, 5.74) is 1.26. The van der Waals surface area contributed by atoms with Crippen molar-refractivity contribution in [3.8, 4) is 5.75 Å². The zero-order valence-corrected chi connectivity index (χ0v) is 14.7. The molecule has 2 heterocycles. The fraction of sp³-hybridized carbons (Fsp3) is 0.176. The average molecular weight is 363 g/mol. The molecule has 7 heteroatoms. The van der Waals surface area contributed by atoms with Crippen LogP contribution in [-0.2, 0) is 11.4 Å². The Kier molecular flexibility index (Phi) is 4.59. The summed E-state index contributed by atoms with van der Waals surface area (Å²) in [4.78, 5) is 13.3. The van der Waals surface area contributed by atoms with Crippen LogP contribution < -0.4 is 10.1 Å². The first-order chi connectivity index (χ1) is 11.5. The van der Waals surface area contributed by atoms with Gasteiger partial charge in [-0.1, -0.05) is 17.7 Å². The van der Waals surface area contributed by atoms with Gasteiger partial charge in [-0.25, -0.2) is 0 Å². The molecule has 0 spiro atoms. The number of furan rings is 1. The molecule has 0 aliphatic carbocycles. The maximum Gasteiger partial charge on any atom is 0.276 e. The maximum atomic E-state index is 11.9. The van der Waals surface area contributed by atoms with Gasteiger partial charge in [-0.05, 0) is 43.4 Å². The third-order valence-electron chi connectivity index (χ3n) is 3.64. The number of ether oxygens (including phenoxy) is 1. The van der Waals surface area contributed by atoms with Crippen LogP contribution in [0, 0.1) is 6.92 Å². The van der Waals surface area contributed by atoms with Gasteiger partial charge in [0.05, 0.1) is 0 Å². The minimum Gasteiger partial charge on any atom is -0.485 e. The first kappa shape index (κ1) is 16.5. The second kappa shape index (κ2) is 6.67. The van der Waals surface area contributed by atoms with E-state index >= 15 is 0 Å². The Morgan fingerprint density at radius 2 is 2.17 bits per heavy atom. The highest BCUT2D eigenvalue weighted by Gasteiger charge is 2.27. The zero-order valence-electron chi connectivity index (χ0n) is 13.1. The van der Waals surface area contributed by atoms with Gasteiger partial charge in [0, 0.05) is 23.7 Å². The number of rotatable bonds is 4. The number of likely N-dealkylation sites (N-methyl/N-ethyl adjacent to an activating group) is 1. The summed E-state index contributed by atoms with van der Waals surface area (Å²) in [6.07, 6.45) is 1.62. The monoisotopic (exact) mass is 362 g/mol. The van der Waals surface area contributed by atoms with E-state index in [2.05, 4.69) is 5.32 Å². The first-order valence-corrected chi connectivity index (χ1v) is 8.01. The lowest BCUT2D eigenvalue weighted by molar-refractivity contribution is -0.121. The lowest BCUT2D eigenvalue weighted by Gasteiger charge is -2.08. The molecule has 1 aliphatic rings. The van der Waals surface area contributed by atoms with E-state index < -0.39 is 0 Å². The number of amides is 1. The molecule has 3 rings (SSSR count). The Morgan fingerprint density at radius 3 is 2.88 bits per heavy atom. The van der Waals surface area contributed by atoms with E-state index in [9.17, 15) is 4.79 Å². The molecule has 24 heavy (non-hydrogen) atoms. The largest absolute Gasteiger partial charge is 0.485 e. The summed E-state index contributed by atoms with van der Waals surface area (Å²) in [5, 5.41) is 3.87. The molecule has 1 saturated heterocycles. The number of carbonyl (C=O) groups excluding carboxylic acids is 1. The van der Waals surface area contributed by atoms with Crippen LogP contribution in [0.1, 0.15) is 17.1 Å². The Morgan fingerprint density at radius 1 is 1.38 bits per heavy atom. The van der Waals surface area contributed by atoms with E-state index in [0.717, 1.165) is 5.56 Å². The van der Waals surface area contributed by atoms with E-state index in [1.807, 2.05) is 25.1 Å². The van der Waals surface area contributed by atoms with Crippen molar-refractivity contribution in [1.29, 1.82) is 0 Å². The summed E-state index contributed by atoms with van der Waals surface area (Å²) in [6.45, 7) is 2.16. The van der Waals surface area contributed by atoms with Crippen LogP contribution in [0.4, 0.5) is 0 Å². The predicted octanol–water partition coefficient (Wildman–Crippen LogP) is 3.51. The van der Waals surface area contributed by atoms with Crippen molar-refractivity contribution in [2.24, 2.45) is 0 Å². The van der Waals surface area contributed by atoms with Crippen LogP contribution in [0.2, 0.25) is 5.02 Å². The van der Waals surface area contributed by atoms with Crippen molar-refractivity contribution in [2.75, 3.05) is 7.05 Å². The van der Waals surface area contributed by atoms with Crippen LogP contribution in [-0.4, -0.2) is 23.0 Å². The van der Waals surface area contributed by atoms with Gasteiger partial charge in [0.25, 0.3) is 5.91 Å². The molecule has 1 N–H and O–H groups in total. The Labute approximate surface area is 149 Å². The van der Waals surface area contributed by atoms with Crippen molar-refractivity contribution >= 4 is 40.9 Å². The van der Waals surface area contributed by atoms with Gasteiger partial charge in [-0.2, -0.15) is 0 Å². The van der Waals surface area contributed by atoms with Gasteiger partial charge < -0.3 is 14.5 Å². The summed E-state index contributed by atoms with van der Waals surface area (Å²) in [5.74, 6) is 1.70. The van der Waals surface area contributed by atoms with Gasteiger partial charge in [0.2, 0.25) is 0 Å². The van der Waals surface area contributed by atoms with Gasteiger partial charge >= 0.3 is 0 Å². The molecule has 0 radical (unpaired) electrons. The molecule has 0 bridgehead atoms. The lowest BCUT2D eigenvalue weighted by atomic mass is 10.2. The zero-order chi connectivity index (χ0) is 17.3. The van der Waals surface area contributed by atoms with Crippen LogP contribution >= 0.6 is 23.8 Å². The lowest BCUT2D eigenvalue weighted by Crippen LogP contribution is -2.25. The number of benzene rings is 1. The van der Waals surface area contributed by atoms with E-state index in [1.54, 1.807) is 25.3 Å². The highest BCUT2D eigenvalue weighted by molar-refractivity contribution is 7.80. The number of hydrogen-bond acceptors (Lipinski definition) is 4. The van der Waals surface area contributed by atoms with Crippen LogP contribution in [0.3, 0.4) is 0 Å². The number of nitrogens with one attached hydrogen (secondary N) is 1. The molecule has 1 aromatic carbocycles.